The second-order valence-corrected chi connectivity index (χ2v) is 4.66. The van der Waals surface area contributed by atoms with E-state index in [9.17, 15) is 4.79 Å². The average Bonchev–Trinajstić information content (AvgIpc) is 2.16. The highest BCUT2D eigenvalue weighted by Gasteiger charge is 2.17. The van der Waals surface area contributed by atoms with Gasteiger partial charge in [0.05, 0.1) is 0 Å². The summed E-state index contributed by atoms with van der Waals surface area (Å²) in [6.07, 6.45) is 2.75. The minimum Gasteiger partial charge on any atom is -0.480 e. The van der Waals surface area contributed by atoms with Crippen molar-refractivity contribution in [3.05, 3.63) is 0 Å². The van der Waals surface area contributed by atoms with Crippen LogP contribution in [-0.4, -0.2) is 23.7 Å². The monoisotopic (exact) mass is 215 g/mol. The van der Waals surface area contributed by atoms with E-state index in [0.717, 1.165) is 25.8 Å². The number of unbranched alkanes of at least 4 members (excludes halogenated alkanes) is 1. The van der Waals surface area contributed by atoms with Gasteiger partial charge in [0.25, 0.3) is 0 Å². The fourth-order valence-corrected chi connectivity index (χ4v) is 1.28. The lowest BCUT2D eigenvalue weighted by molar-refractivity contribution is -0.139. The van der Waals surface area contributed by atoms with E-state index in [1.807, 2.05) is 0 Å². The topological polar surface area (TPSA) is 49.3 Å². The molecule has 0 aliphatic rings. The van der Waals surface area contributed by atoms with E-state index in [2.05, 4.69) is 33.0 Å². The lowest BCUT2D eigenvalue weighted by atomic mass is 9.97. The zero-order valence-electron chi connectivity index (χ0n) is 10.4. The van der Waals surface area contributed by atoms with Crippen LogP contribution >= 0.6 is 0 Å². The summed E-state index contributed by atoms with van der Waals surface area (Å²) in [5.74, 6) is 0.394. The van der Waals surface area contributed by atoms with Gasteiger partial charge in [-0.2, -0.15) is 0 Å². The van der Waals surface area contributed by atoms with Crippen molar-refractivity contribution in [2.24, 2.45) is 11.8 Å². The van der Waals surface area contributed by atoms with Gasteiger partial charge in [-0.05, 0) is 24.8 Å². The van der Waals surface area contributed by atoms with Crippen molar-refractivity contribution in [2.75, 3.05) is 6.54 Å². The second-order valence-electron chi connectivity index (χ2n) is 4.66. The summed E-state index contributed by atoms with van der Waals surface area (Å²) in [7, 11) is 0. The maximum Gasteiger partial charge on any atom is 0.320 e. The molecule has 3 heteroatoms. The Kier molecular flexibility index (Phi) is 7.39. The summed E-state index contributed by atoms with van der Waals surface area (Å²) in [6, 6.07) is -0.369. The molecule has 0 rings (SSSR count). The molecule has 90 valence electrons. The third-order valence-corrected chi connectivity index (χ3v) is 2.97. The van der Waals surface area contributed by atoms with E-state index in [-0.39, 0.29) is 6.04 Å². The maximum atomic E-state index is 10.9. The van der Waals surface area contributed by atoms with Crippen LogP contribution in [-0.2, 0) is 4.79 Å². The number of rotatable bonds is 8. The number of hydrogen-bond donors (Lipinski definition) is 2. The van der Waals surface area contributed by atoms with Gasteiger partial charge in [-0.25, -0.2) is 0 Å². The van der Waals surface area contributed by atoms with Crippen LogP contribution in [0.25, 0.3) is 0 Å². The molecule has 3 nitrogen and oxygen atoms in total. The number of nitrogens with one attached hydrogen (secondary N) is 1. The van der Waals surface area contributed by atoms with Gasteiger partial charge >= 0.3 is 5.97 Å². The molecule has 0 saturated carbocycles. The van der Waals surface area contributed by atoms with E-state index < -0.39 is 5.97 Å². The summed E-state index contributed by atoms with van der Waals surface area (Å²) < 4.78 is 0. The molecular formula is C12H25NO2. The number of aliphatic carboxylic acids is 1. The van der Waals surface area contributed by atoms with Gasteiger partial charge in [-0.15, -0.1) is 0 Å². The SMILES string of the molecule is CCCCC(NCC(C)C(C)C)C(=O)O. The molecule has 2 unspecified atom stereocenters. The lowest BCUT2D eigenvalue weighted by Crippen LogP contribution is -2.39. The van der Waals surface area contributed by atoms with Crippen molar-refractivity contribution in [1.29, 1.82) is 0 Å². The van der Waals surface area contributed by atoms with Crippen LogP contribution in [0.2, 0.25) is 0 Å². The van der Waals surface area contributed by atoms with Gasteiger partial charge in [-0.3, -0.25) is 4.79 Å². The van der Waals surface area contributed by atoms with E-state index in [1.54, 1.807) is 0 Å². The maximum absolute atomic E-state index is 10.9. The summed E-state index contributed by atoms with van der Waals surface area (Å²) in [4.78, 5) is 10.9. The quantitative estimate of drug-likeness (QED) is 0.654. The Morgan fingerprint density at radius 3 is 2.33 bits per heavy atom. The molecule has 15 heavy (non-hydrogen) atoms. The summed E-state index contributed by atoms with van der Waals surface area (Å²) in [5, 5.41) is 12.1. The van der Waals surface area contributed by atoms with Crippen LogP contribution in [0.5, 0.6) is 0 Å². The fraction of sp³-hybridized carbons (Fsp3) is 0.917. The van der Waals surface area contributed by atoms with Gasteiger partial charge in [0.15, 0.2) is 0 Å². The van der Waals surface area contributed by atoms with Crippen LogP contribution < -0.4 is 5.32 Å². The second kappa shape index (κ2) is 7.69. The number of carboxylic acid groups (broad SMARTS) is 1. The first-order valence-electron chi connectivity index (χ1n) is 5.95. The van der Waals surface area contributed by atoms with Crippen molar-refractivity contribution in [1.82, 2.24) is 5.32 Å². The normalized spacial score (nSPS) is 15.3. The molecule has 0 aromatic rings. The molecule has 0 aromatic carbocycles. The van der Waals surface area contributed by atoms with E-state index in [1.165, 1.54) is 0 Å². The van der Waals surface area contributed by atoms with Crippen LogP contribution in [0.4, 0.5) is 0 Å². The highest BCUT2D eigenvalue weighted by molar-refractivity contribution is 5.73. The Bertz CT molecular complexity index is 180. The first-order chi connectivity index (χ1) is 6.99. The first-order valence-corrected chi connectivity index (χ1v) is 5.95. The van der Waals surface area contributed by atoms with E-state index in [4.69, 9.17) is 5.11 Å². The lowest BCUT2D eigenvalue weighted by Gasteiger charge is -2.20. The molecule has 0 aliphatic carbocycles. The standard InChI is InChI=1S/C12H25NO2/c1-5-6-7-11(12(14)15)13-8-10(4)9(2)3/h9-11,13H,5-8H2,1-4H3,(H,14,15). The molecule has 0 spiro atoms. The van der Waals surface area contributed by atoms with Gasteiger partial charge < -0.3 is 10.4 Å². The van der Waals surface area contributed by atoms with Crippen LogP contribution in [0.15, 0.2) is 0 Å². The Morgan fingerprint density at radius 1 is 1.33 bits per heavy atom. The van der Waals surface area contributed by atoms with Crippen LogP contribution in [0, 0.1) is 11.8 Å². The number of carboxylic acids is 1. The molecule has 2 N–H and O–H groups in total. The van der Waals surface area contributed by atoms with Crippen molar-refractivity contribution in [3.8, 4) is 0 Å². The Hall–Kier alpha value is -0.570. The summed E-state index contributed by atoms with van der Waals surface area (Å²) >= 11 is 0. The van der Waals surface area contributed by atoms with Crippen LogP contribution in [0.3, 0.4) is 0 Å². The number of carbonyl (C=O) groups is 1. The summed E-state index contributed by atoms with van der Waals surface area (Å²) in [6.45, 7) is 9.34. The van der Waals surface area contributed by atoms with Gasteiger partial charge in [0.1, 0.15) is 6.04 Å². The molecule has 0 aromatic heterocycles. The first kappa shape index (κ1) is 14.4. The molecule has 0 fully saturated rings. The number of hydrogen-bond acceptors (Lipinski definition) is 2. The summed E-state index contributed by atoms with van der Waals surface area (Å²) in [5.41, 5.74) is 0. The molecule has 0 heterocycles. The van der Waals surface area contributed by atoms with Crippen molar-refractivity contribution in [3.63, 3.8) is 0 Å². The molecule has 0 bridgehead atoms. The molecule has 2 atom stereocenters. The van der Waals surface area contributed by atoms with Gasteiger partial charge in [0, 0.05) is 0 Å². The Labute approximate surface area is 93.3 Å². The zero-order valence-corrected chi connectivity index (χ0v) is 10.4. The predicted molar refractivity (Wildman–Crippen MR) is 63.0 cm³/mol. The van der Waals surface area contributed by atoms with Crippen molar-refractivity contribution < 1.29 is 9.90 Å². The van der Waals surface area contributed by atoms with E-state index >= 15 is 0 Å². The Morgan fingerprint density at radius 2 is 1.93 bits per heavy atom. The highest BCUT2D eigenvalue weighted by Crippen LogP contribution is 2.09. The molecule has 0 radical (unpaired) electrons. The Balaban J connectivity index is 3.90. The minimum atomic E-state index is -0.723. The molecule has 0 saturated heterocycles. The average molecular weight is 215 g/mol. The zero-order chi connectivity index (χ0) is 11.8. The van der Waals surface area contributed by atoms with Gasteiger partial charge in [0.2, 0.25) is 0 Å². The van der Waals surface area contributed by atoms with Gasteiger partial charge in [-0.1, -0.05) is 40.5 Å². The third kappa shape index (κ3) is 6.50. The molecule has 0 amide bonds. The highest BCUT2D eigenvalue weighted by atomic mass is 16.4. The third-order valence-electron chi connectivity index (χ3n) is 2.97. The predicted octanol–water partition coefficient (Wildman–Crippen LogP) is 2.51. The minimum absolute atomic E-state index is 0.369. The van der Waals surface area contributed by atoms with E-state index in [0.29, 0.717) is 11.8 Å². The molecular weight excluding hydrogens is 190 g/mol. The van der Waals surface area contributed by atoms with Crippen molar-refractivity contribution >= 4 is 5.97 Å². The molecule has 0 aliphatic heterocycles. The smallest absolute Gasteiger partial charge is 0.320 e. The van der Waals surface area contributed by atoms with Crippen molar-refractivity contribution in [2.45, 2.75) is 53.0 Å². The van der Waals surface area contributed by atoms with Crippen LogP contribution in [0.1, 0.15) is 47.0 Å². The largest absolute Gasteiger partial charge is 0.480 e. The fourth-order valence-electron chi connectivity index (χ4n) is 1.28.